The summed E-state index contributed by atoms with van der Waals surface area (Å²) in [5.74, 6) is -0.402. The zero-order valence-corrected chi connectivity index (χ0v) is 11.2. The van der Waals surface area contributed by atoms with Crippen molar-refractivity contribution in [1.29, 1.82) is 5.26 Å². The maximum atomic E-state index is 13.1. The summed E-state index contributed by atoms with van der Waals surface area (Å²) >= 11 is 0. The van der Waals surface area contributed by atoms with Gasteiger partial charge in [-0.1, -0.05) is 12.1 Å². The molecule has 3 rings (SSSR count). The van der Waals surface area contributed by atoms with Crippen LogP contribution in [0.4, 0.5) is 4.39 Å². The van der Waals surface area contributed by atoms with Gasteiger partial charge >= 0.3 is 0 Å². The molecule has 0 spiro atoms. The summed E-state index contributed by atoms with van der Waals surface area (Å²) in [7, 11) is 0. The van der Waals surface area contributed by atoms with Crippen molar-refractivity contribution in [1.82, 2.24) is 0 Å². The Morgan fingerprint density at radius 2 is 2.00 bits per heavy atom. The SMILES string of the molecule is N#CC1=C(N)OC2=C(C(=O)CCC2)[C@@H]1c1ccc(F)cc1. The molecule has 1 aliphatic heterocycles. The number of nitriles is 1. The minimum atomic E-state index is -0.563. The molecule has 0 saturated heterocycles. The Labute approximate surface area is 121 Å². The first-order valence-electron chi connectivity index (χ1n) is 6.71. The lowest BCUT2D eigenvalue weighted by atomic mass is 9.77. The number of ketones is 1. The molecule has 1 aromatic carbocycles. The van der Waals surface area contributed by atoms with Crippen LogP contribution in [0.5, 0.6) is 0 Å². The molecule has 2 N–H and O–H groups in total. The predicted molar refractivity (Wildman–Crippen MR) is 72.9 cm³/mol. The molecule has 0 amide bonds. The summed E-state index contributed by atoms with van der Waals surface area (Å²) in [5.41, 5.74) is 7.17. The van der Waals surface area contributed by atoms with Gasteiger partial charge in [-0.25, -0.2) is 4.39 Å². The molecular weight excluding hydrogens is 271 g/mol. The Morgan fingerprint density at radius 3 is 2.67 bits per heavy atom. The van der Waals surface area contributed by atoms with E-state index in [1.165, 1.54) is 12.1 Å². The molecule has 1 atom stereocenters. The highest BCUT2D eigenvalue weighted by molar-refractivity contribution is 5.99. The van der Waals surface area contributed by atoms with Crippen LogP contribution < -0.4 is 5.73 Å². The Morgan fingerprint density at radius 1 is 1.29 bits per heavy atom. The van der Waals surface area contributed by atoms with E-state index in [2.05, 4.69) is 0 Å². The normalized spacial score (nSPS) is 21.7. The third kappa shape index (κ3) is 2.19. The van der Waals surface area contributed by atoms with Crippen LogP contribution >= 0.6 is 0 Å². The summed E-state index contributed by atoms with van der Waals surface area (Å²) in [5, 5.41) is 9.35. The Kier molecular flexibility index (Phi) is 3.22. The lowest BCUT2D eigenvalue weighted by Gasteiger charge is -2.30. The van der Waals surface area contributed by atoms with Crippen molar-refractivity contribution in [3.63, 3.8) is 0 Å². The van der Waals surface area contributed by atoms with E-state index in [1.54, 1.807) is 12.1 Å². The van der Waals surface area contributed by atoms with E-state index >= 15 is 0 Å². The molecule has 0 saturated carbocycles. The predicted octanol–water partition coefficient (Wildman–Crippen LogP) is 2.64. The van der Waals surface area contributed by atoms with Crippen LogP contribution in [-0.4, -0.2) is 5.78 Å². The number of hydrogen-bond acceptors (Lipinski definition) is 4. The number of benzene rings is 1. The van der Waals surface area contributed by atoms with Gasteiger partial charge in [0.05, 0.1) is 5.92 Å². The number of hydrogen-bond donors (Lipinski definition) is 1. The molecule has 21 heavy (non-hydrogen) atoms. The lowest BCUT2D eigenvalue weighted by Crippen LogP contribution is -2.27. The molecule has 4 nitrogen and oxygen atoms in total. The van der Waals surface area contributed by atoms with E-state index in [9.17, 15) is 14.4 Å². The van der Waals surface area contributed by atoms with E-state index in [0.717, 1.165) is 0 Å². The van der Waals surface area contributed by atoms with Crippen LogP contribution in [0.2, 0.25) is 0 Å². The van der Waals surface area contributed by atoms with E-state index in [4.69, 9.17) is 10.5 Å². The van der Waals surface area contributed by atoms with Gasteiger partial charge in [0.25, 0.3) is 0 Å². The minimum absolute atomic E-state index is 0.0280. The zero-order valence-electron chi connectivity index (χ0n) is 11.2. The van der Waals surface area contributed by atoms with Gasteiger partial charge in [0.1, 0.15) is 23.2 Å². The van der Waals surface area contributed by atoms with Crippen molar-refractivity contribution in [2.75, 3.05) is 0 Å². The molecule has 0 unspecified atom stereocenters. The quantitative estimate of drug-likeness (QED) is 0.860. The maximum absolute atomic E-state index is 13.1. The average Bonchev–Trinajstić information content (AvgIpc) is 2.47. The Hall–Kier alpha value is -2.61. The van der Waals surface area contributed by atoms with E-state index in [1.807, 2.05) is 6.07 Å². The van der Waals surface area contributed by atoms with Crippen molar-refractivity contribution in [3.05, 3.63) is 58.4 Å². The number of rotatable bonds is 1. The molecule has 0 bridgehead atoms. The second-order valence-electron chi connectivity index (χ2n) is 5.09. The van der Waals surface area contributed by atoms with Crippen molar-refractivity contribution < 1.29 is 13.9 Å². The van der Waals surface area contributed by atoms with Gasteiger partial charge in [0.15, 0.2) is 5.78 Å². The van der Waals surface area contributed by atoms with Gasteiger partial charge in [0.2, 0.25) is 5.88 Å². The smallest absolute Gasteiger partial charge is 0.205 e. The zero-order chi connectivity index (χ0) is 15.0. The van der Waals surface area contributed by atoms with E-state index in [-0.39, 0.29) is 23.1 Å². The van der Waals surface area contributed by atoms with Crippen LogP contribution in [0.15, 0.2) is 47.1 Å². The van der Waals surface area contributed by atoms with Gasteiger partial charge in [-0.3, -0.25) is 4.79 Å². The molecule has 5 heteroatoms. The fourth-order valence-corrected chi connectivity index (χ4v) is 2.84. The molecule has 1 aromatic rings. The van der Waals surface area contributed by atoms with Crippen LogP contribution in [0, 0.1) is 17.1 Å². The van der Waals surface area contributed by atoms with Gasteiger partial charge in [0, 0.05) is 18.4 Å². The fraction of sp³-hybridized carbons (Fsp3) is 0.250. The second kappa shape index (κ2) is 5.06. The molecule has 0 radical (unpaired) electrons. The van der Waals surface area contributed by atoms with Crippen molar-refractivity contribution in [3.8, 4) is 6.07 Å². The highest BCUT2D eigenvalue weighted by atomic mass is 19.1. The fourth-order valence-electron chi connectivity index (χ4n) is 2.84. The Balaban J connectivity index is 2.17. The van der Waals surface area contributed by atoms with E-state index in [0.29, 0.717) is 36.2 Å². The first-order chi connectivity index (χ1) is 10.1. The summed E-state index contributed by atoms with van der Waals surface area (Å²) in [4.78, 5) is 12.3. The van der Waals surface area contributed by atoms with Crippen LogP contribution in [0.3, 0.4) is 0 Å². The topological polar surface area (TPSA) is 76.1 Å². The minimum Gasteiger partial charge on any atom is -0.444 e. The summed E-state index contributed by atoms with van der Waals surface area (Å²) in [6, 6.07) is 7.78. The molecule has 106 valence electrons. The number of nitrogens with two attached hydrogens (primary N) is 1. The van der Waals surface area contributed by atoms with Crippen molar-refractivity contribution in [2.24, 2.45) is 5.73 Å². The Bertz CT molecular complexity index is 711. The maximum Gasteiger partial charge on any atom is 0.205 e. The van der Waals surface area contributed by atoms with Crippen molar-refractivity contribution in [2.45, 2.75) is 25.2 Å². The number of ether oxygens (including phenoxy) is 1. The van der Waals surface area contributed by atoms with E-state index < -0.39 is 5.92 Å². The number of halogens is 1. The number of Topliss-reactive ketones (excluding diaryl/α,β-unsaturated/α-hetero) is 1. The molecule has 1 heterocycles. The summed E-state index contributed by atoms with van der Waals surface area (Å²) < 4.78 is 18.6. The van der Waals surface area contributed by atoms with Crippen LogP contribution in [0.1, 0.15) is 30.7 Å². The van der Waals surface area contributed by atoms with Gasteiger partial charge in [-0.05, 0) is 24.1 Å². The monoisotopic (exact) mass is 284 g/mol. The highest BCUT2D eigenvalue weighted by Crippen LogP contribution is 2.43. The number of allylic oxidation sites excluding steroid dienone is 3. The number of carbonyl (C=O) groups is 1. The lowest BCUT2D eigenvalue weighted by molar-refractivity contribution is -0.116. The number of nitrogens with zero attached hydrogens (tertiary/aromatic N) is 1. The largest absolute Gasteiger partial charge is 0.444 e. The number of carbonyl (C=O) groups excluding carboxylic acids is 1. The third-order valence-electron chi connectivity index (χ3n) is 3.81. The molecule has 0 fully saturated rings. The van der Waals surface area contributed by atoms with Gasteiger partial charge < -0.3 is 10.5 Å². The first-order valence-corrected chi connectivity index (χ1v) is 6.71. The standard InChI is InChI=1S/C16H13FN2O2/c17-10-6-4-9(5-7-10)14-11(8-18)16(19)21-13-3-1-2-12(20)15(13)14/h4-7,14H,1-3,19H2/t14-/m1/s1. The first kappa shape index (κ1) is 13.4. The highest BCUT2D eigenvalue weighted by Gasteiger charge is 2.37. The van der Waals surface area contributed by atoms with Crippen LogP contribution in [-0.2, 0) is 9.53 Å². The van der Waals surface area contributed by atoms with Crippen LogP contribution in [0.25, 0.3) is 0 Å². The third-order valence-corrected chi connectivity index (χ3v) is 3.81. The summed E-state index contributed by atoms with van der Waals surface area (Å²) in [6.45, 7) is 0. The molecule has 0 aromatic heterocycles. The molecule has 1 aliphatic carbocycles. The van der Waals surface area contributed by atoms with Gasteiger partial charge in [-0.2, -0.15) is 5.26 Å². The molecular formula is C16H13FN2O2. The second-order valence-corrected chi connectivity index (χ2v) is 5.09. The average molecular weight is 284 g/mol. The summed E-state index contributed by atoms with van der Waals surface area (Å²) in [6.07, 6.45) is 1.76. The van der Waals surface area contributed by atoms with Crippen molar-refractivity contribution >= 4 is 5.78 Å². The molecule has 2 aliphatic rings. The van der Waals surface area contributed by atoms with Gasteiger partial charge in [-0.15, -0.1) is 0 Å².